The maximum Gasteiger partial charge on any atom is 0.343 e. The summed E-state index contributed by atoms with van der Waals surface area (Å²) in [5, 5.41) is 20.7. The highest BCUT2D eigenvalue weighted by atomic mass is 16.5. The SMILES string of the molecule is COc1cccc(C(=O)NC[C@@H]2N=C(N)N3CC(NC(=O)c4cccc5c4OCCC5(C)C)[C@@H](O)[C@@]34NC(N)=[NH+][C@@H]24)n1. The lowest BCUT2D eigenvalue weighted by Gasteiger charge is -2.43. The second kappa shape index (κ2) is 10.0. The van der Waals surface area contributed by atoms with E-state index in [1.54, 1.807) is 29.2 Å². The van der Waals surface area contributed by atoms with Gasteiger partial charge in [-0.25, -0.2) is 15.3 Å². The highest BCUT2D eigenvalue weighted by Crippen LogP contribution is 2.41. The van der Waals surface area contributed by atoms with Crippen molar-refractivity contribution in [1.29, 1.82) is 0 Å². The number of guanidine groups is 2. The van der Waals surface area contributed by atoms with Crippen LogP contribution in [0.1, 0.15) is 46.7 Å². The van der Waals surface area contributed by atoms with E-state index in [0.717, 1.165) is 12.0 Å². The lowest BCUT2D eigenvalue weighted by atomic mass is 9.79. The van der Waals surface area contributed by atoms with Gasteiger partial charge in [0.25, 0.3) is 11.8 Å². The molecule has 5 atom stereocenters. The number of rotatable bonds is 6. The molecule has 1 unspecified atom stereocenters. The van der Waals surface area contributed by atoms with Crippen molar-refractivity contribution < 1.29 is 29.2 Å². The van der Waals surface area contributed by atoms with Crippen LogP contribution in [0.2, 0.25) is 0 Å². The fourth-order valence-electron chi connectivity index (χ4n) is 6.43. The maximum absolute atomic E-state index is 13.6. The van der Waals surface area contributed by atoms with E-state index < -0.39 is 35.8 Å². The number of ether oxygens (including phenoxy) is 2. The van der Waals surface area contributed by atoms with Crippen LogP contribution >= 0.6 is 0 Å². The summed E-state index contributed by atoms with van der Waals surface area (Å²) in [6.45, 7) is 5.02. The van der Waals surface area contributed by atoms with E-state index in [1.807, 2.05) is 12.1 Å². The lowest BCUT2D eigenvalue weighted by Crippen LogP contribution is -2.88. The average Bonchev–Trinajstić information content (AvgIpc) is 3.47. The lowest BCUT2D eigenvalue weighted by molar-refractivity contribution is -0.513. The molecule has 9 N–H and O–H groups in total. The number of nitrogens with zero attached hydrogens (tertiary/aromatic N) is 3. The van der Waals surface area contributed by atoms with Crippen LogP contribution in [-0.2, 0) is 5.41 Å². The normalized spacial score (nSPS) is 28.6. The molecule has 0 bridgehead atoms. The molecule has 42 heavy (non-hydrogen) atoms. The summed E-state index contributed by atoms with van der Waals surface area (Å²) < 4.78 is 11.0. The summed E-state index contributed by atoms with van der Waals surface area (Å²) in [5.41, 5.74) is 12.8. The number of hydrogen-bond donors (Lipinski definition) is 7. The second-order valence-electron chi connectivity index (χ2n) is 11.6. The van der Waals surface area contributed by atoms with Crippen LogP contribution in [0, 0.1) is 0 Å². The van der Waals surface area contributed by atoms with Crippen LogP contribution in [0.4, 0.5) is 0 Å². The Hall–Kier alpha value is -4.59. The minimum atomic E-state index is -1.22. The van der Waals surface area contributed by atoms with E-state index in [1.165, 1.54) is 7.11 Å². The molecule has 1 fully saturated rings. The molecule has 2 amide bonds. The minimum absolute atomic E-state index is 0.0770. The topological polar surface area (TPSA) is 203 Å². The van der Waals surface area contributed by atoms with E-state index in [-0.39, 0.29) is 42.0 Å². The molecule has 4 aliphatic rings. The number of aliphatic imine (C=N–C) groups is 1. The van der Waals surface area contributed by atoms with Gasteiger partial charge in [0.05, 0.1) is 25.3 Å². The number of benzene rings is 1. The number of carbonyl (C=O) groups excluding carboxylic acids is 2. The molecule has 6 rings (SSSR count). The molecular weight excluding hydrogens is 542 g/mol. The Labute approximate surface area is 242 Å². The molecular formula is C28H36N9O5+. The number of amides is 2. The maximum atomic E-state index is 13.6. The fraction of sp³-hybridized carbons (Fsp3) is 0.464. The summed E-state index contributed by atoms with van der Waals surface area (Å²) in [6, 6.07) is 8.51. The number of fused-ring (bicyclic) bond motifs is 1. The number of aliphatic hydroxyl groups is 1. The first-order chi connectivity index (χ1) is 20.0. The highest BCUT2D eigenvalue weighted by molar-refractivity contribution is 5.98. The predicted molar refractivity (Wildman–Crippen MR) is 152 cm³/mol. The third-order valence-electron chi connectivity index (χ3n) is 8.65. The zero-order valence-corrected chi connectivity index (χ0v) is 23.7. The van der Waals surface area contributed by atoms with Gasteiger partial charge >= 0.3 is 5.96 Å². The predicted octanol–water partition coefficient (Wildman–Crippen LogP) is -2.88. The van der Waals surface area contributed by atoms with Gasteiger partial charge in [-0.05, 0) is 24.0 Å². The summed E-state index contributed by atoms with van der Waals surface area (Å²) in [4.78, 5) is 40.1. The Morgan fingerprint density at radius 1 is 1.24 bits per heavy atom. The van der Waals surface area contributed by atoms with Gasteiger partial charge in [0.1, 0.15) is 23.6 Å². The molecule has 14 heteroatoms. The monoisotopic (exact) mass is 578 g/mol. The second-order valence-corrected chi connectivity index (χ2v) is 11.6. The van der Waals surface area contributed by atoms with Gasteiger partial charge in [-0.3, -0.25) is 20.3 Å². The third-order valence-corrected chi connectivity index (χ3v) is 8.65. The van der Waals surface area contributed by atoms with Crippen molar-refractivity contribution in [3.8, 4) is 11.6 Å². The largest absolute Gasteiger partial charge is 0.492 e. The first-order valence-corrected chi connectivity index (χ1v) is 13.9. The molecule has 2 aromatic rings. The number of nitrogens with one attached hydrogen (secondary N) is 4. The van der Waals surface area contributed by atoms with Crippen molar-refractivity contribution in [3.63, 3.8) is 0 Å². The van der Waals surface area contributed by atoms with Crippen molar-refractivity contribution in [2.45, 2.75) is 55.6 Å². The average molecular weight is 579 g/mol. The number of nitrogens with two attached hydrogens (primary N) is 2. The molecule has 5 heterocycles. The number of aromatic nitrogens is 1. The van der Waals surface area contributed by atoms with Crippen molar-refractivity contribution in [1.82, 2.24) is 25.8 Å². The Kier molecular flexibility index (Phi) is 6.60. The standard InChI is InChI=1S/C28H35N9O5/c1-27(2)10-11-42-20-14(6-4-7-15(20)27)23(39)33-18-13-37-26(30)34-17(21-28(37,22(18)38)36-25(29)35-21)12-31-24(40)16-8-5-9-19(32-16)41-3/h4-9,17-18,21-22,38H,10-13H2,1-3H3,(H2,30,34)(H,31,40)(H,33,39)(H3,29,35,36)/p+1/t17-,18?,21-,22+,28-/m0/s1. The van der Waals surface area contributed by atoms with Crippen LogP contribution in [-0.4, -0.2) is 95.4 Å². The number of methoxy groups -OCH3 is 1. The summed E-state index contributed by atoms with van der Waals surface area (Å²) >= 11 is 0. The van der Waals surface area contributed by atoms with Gasteiger partial charge < -0.3 is 35.8 Å². The van der Waals surface area contributed by atoms with E-state index in [2.05, 4.69) is 44.8 Å². The Bertz CT molecular complexity index is 1490. The van der Waals surface area contributed by atoms with Crippen molar-refractivity contribution in [2.75, 3.05) is 26.8 Å². The number of aliphatic hydroxyl groups excluding tert-OH is 1. The van der Waals surface area contributed by atoms with Crippen LogP contribution in [0.5, 0.6) is 11.6 Å². The highest BCUT2D eigenvalue weighted by Gasteiger charge is 2.68. The third kappa shape index (κ3) is 4.33. The first-order valence-electron chi connectivity index (χ1n) is 13.9. The van der Waals surface area contributed by atoms with Crippen LogP contribution in [0.3, 0.4) is 0 Å². The number of carbonyl (C=O) groups is 2. The van der Waals surface area contributed by atoms with Crippen LogP contribution in [0.15, 0.2) is 41.4 Å². The quantitative estimate of drug-likeness (QED) is 0.186. The van der Waals surface area contributed by atoms with E-state index in [4.69, 9.17) is 20.9 Å². The fourth-order valence-corrected chi connectivity index (χ4v) is 6.43. The molecule has 14 nitrogen and oxygen atoms in total. The molecule has 1 spiro atoms. The van der Waals surface area contributed by atoms with E-state index >= 15 is 0 Å². The number of hydrogen-bond acceptors (Lipinski definition) is 11. The van der Waals surface area contributed by atoms with E-state index in [0.29, 0.717) is 23.8 Å². The Morgan fingerprint density at radius 3 is 2.81 bits per heavy atom. The van der Waals surface area contributed by atoms with E-state index in [9.17, 15) is 14.7 Å². The van der Waals surface area contributed by atoms with Gasteiger partial charge in [-0.2, -0.15) is 0 Å². The molecule has 0 radical (unpaired) electrons. The number of para-hydroxylation sites is 1. The molecule has 1 aromatic carbocycles. The molecule has 222 valence electrons. The first kappa shape index (κ1) is 27.6. The molecule has 0 aliphatic carbocycles. The smallest absolute Gasteiger partial charge is 0.343 e. The van der Waals surface area contributed by atoms with Crippen molar-refractivity contribution >= 4 is 23.7 Å². The summed E-state index contributed by atoms with van der Waals surface area (Å²) in [6.07, 6.45) is -0.303. The van der Waals surface area contributed by atoms with Gasteiger partial charge in [0.15, 0.2) is 12.0 Å². The molecule has 4 aliphatic heterocycles. The van der Waals surface area contributed by atoms with Crippen molar-refractivity contribution in [2.24, 2.45) is 16.5 Å². The van der Waals surface area contributed by atoms with Gasteiger partial charge in [0.2, 0.25) is 11.5 Å². The Morgan fingerprint density at radius 2 is 2.02 bits per heavy atom. The van der Waals surface area contributed by atoms with Gasteiger partial charge in [-0.1, -0.05) is 32.0 Å². The number of pyridine rings is 1. The summed E-state index contributed by atoms with van der Waals surface area (Å²) in [7, 11) is 1.47. The van der Waals surface area contributed by atoms with Crippen molar-refractivity contribution in [3.05, 3.63) is 53.2 Å². The van der Waals surface area contributed by atoms with Crippen LogP contribution in [0.25, 0.3) is 0 Å². The minimum Gasteiger partial charge on any atom is -0.492 e. The zero-order chi connectivity index (χ0) is 29.8. The van der Waals surface area contributed by atoms with Crippen LogP contribution < -0.4 is 41.9 Å². The summed E-state index contributed by atoms with van der Waals surface area (Å²) in [5.74, 6) is 0.458. The molecule has 0 saturated carbocycles. The Balaban J connectivity index is 1.22. The molecule has 1 saturated heterocycles. The zero-order valence-electron chi connectivity index (χ0n) is 23.7. The van der Waals surface area contributed by atoms with Gasteiger partial charge in [0, 0.05) is 24.7 Å². The molecule has 1 aromatic heterocycles. The van der Waals surface area contributed by atoms with Gasteiger partial charge in [-0.15, -0.1) is 0 Å².